The van der Waals surface area contributed by atoms with Gasteiger partial charge >= 0.3 is 0 Å². The Bertz CT molecular complexity index is 413. The molecule has 0 aromatic heterocycles. The summed E-state index contributed by atoms with van der Waals surface area (Å²) < 4.78 is 0. The first-order chi connectivity index (χ1) is 9.14. The van der Waals surface area contributed by atoms with Gasteiger partial charge in [-0.05, 0) is 24.8 Å². The number of carbonyl (C=O) groups excluding carboxylic acids is 1. The number of hydrogen-bond donors (Lipinski definition) is 3. The molecule has 1 aliphatic carbocycles. The van der Waals surface area contributed by atoms with Gasteiger partial charge in [0.1, 0.15) is 0 Å². The number of benzene rings is 1. The summed E-state index contributed by atoms with van der Waals surface area (Å²) in [4.78, 5) is 12.2. The van der Waals surface area contributed by atoms with Crippen LogP contribution in [0.4, 0.5) is 0 Å². The van der Waals surface area contributed by atoms with Gasteiger partial charge in [0.05, 0.1) is 18.2 Å². The maximum absolute atomic E-state index is 12.2. The fraction of sp³-hybridized carbons (Fsp3) is 0.533. The quantitative estimate of drug-likeness (QED) is 0.740. The first-order valence-electron chi connectivity index (χ1n) is 6.89. The van der Waals surface area contributed by atoms with Crippen molar-refractivity contribution in [2.45, 2.75) is 43.7 Å². The zero-order valence-electron chi connectivity index (χ0n) is 11.1. The molecule has 0 unspecified atom stereocenters. The van der Waals surface area contributed by atoms with E-state index in [1.165, 1.54) is 0 Å². The summed E-state index contributed by atoms with van der Waals surface area (Å²) in [6.45, 7) is -0.0727. The smallest absolute Gasteiger partial charge is 0.240 e. The average molecular weight is 262 g/mol. The Morgan fingerprint density at radius 2 is 1.95 bits per heavy atom. The van der Waals surface area contributed by atoms with Crippen LogP contribution < -0.4 is 11.1 Å². The third kappa shape index (κ3) is 3.55. The largest absolute Gasteiger partial charge is 0.394 e. The van der Waals surface area contributed by atoms with E-state index in [1.807, 2.05) is 30.3 Å². The van der Waals surface area contributed by atoms with E-state index in [4.69, 9.17) is 5.73 Å². The normalized spacial score (nSPS) is 19.1. The van der Waals surface area contributed by atoms with Crippen LogP contribution in [-0.2, 0) is 11.2 Å². The van der Waals surface area contributed by atoms with Crippen molar-refractivity contribution in [3.8, 4) is 0 Å². The third-order valence-corrected chi connectivity index (χ3v) is 3.83. The molecule has 1 aromatic rings. The van der Waals surface area contributed by atoms with Crippen LogP contribution in [0.3, 0.4) is 0 Å². The minimum Gasteiger partial charge on any atom is -0.394 e. The van der Waals surface area contributed by atoms with E-state index >= 15 is 0 Å². The second kappa shape index (κ2) is 6.17. The highest BCUT2D eigenvalue weighted by atomic mass is 16.3. The lowest BCUT2D eigenvalue weighted by molar-refractivity contribution is -0.127. The van der Waals surface area contributed by atoms with E-state index in [0.717, 1.165) is 31.2 Å². The van der Waals surface area contributed by atoms with Crippen LogP contribution in [-0.4, -0.2) is 29.2 Å². The Balaban J connectivity index is 1.94. The average Bonchev–Trinajstić information content (AvgIpc) is 2.87. The van der Waals surface area contributed by atoms with Crippen molar-refractivity contribution in [1.29, 1.82) is 0 Å². The van der Waals surface area contributed by atoms with Crippen LogP contribution in [0.1, 0.15) is 31.2 Å². The molecule has 2 rings (SSSR count). The predicted octanol–water partition coefficient (Wildman–Crippen LogP) is 0.978. The van der Waals surface area contributed by atoms with Crippen LogP contribution in [0.15, 0.2) is 30.3 Å². The monoisotopic (exact) mass is 262 g/mol. The highest BCUT2D eigenvalue weighted by Gasteiger charge is 2.37. The van der Waals surface area contributed by atoms with Gasteiger partial charge in [0.25, 0.3) is 0 Å². The van der Waals surface area contributed by atoms with Gasteiger partial charge in [-0.3, -0.25) is 4.79 Å². The summed E-state index contributed by atoms with van der Waals surface area (Å²) in [5.41, 5.74) is 6.47. The van der Waals surface area contributed by atoms with Crippen molar-refractivity contribution >= 4 is 5.91 Å². The van der Waals surface area contributed by atoms with Crippen LogP contribution in [0.5, 0.6) is 0 Å². The molecule has 0 saturated heterocycles. The second-order valence-corrected chi connectivity index (χ2v) is 5.41. The topological polar surface area (TPSA) is 75.4 Å². The first kappa shape index (κ1) is 14.0. The Morgan fingerprint density at radius 1 is 1.32 bits per heavy atom. The maximum atomic E-state index is 12.2. The summed E-state index contributed by atoms with van der Waals surface area (Å²) in [5, 5.41) is 12.3. The molecule has 0 bridgehead atoms. The van der Waals surface area contributed by atoms with Gasteiger partial charge in [-0.1, -0.05) is 43.2 Å². The summed E-state index contributed by atoms with van der Waals surface area (Å²) in [5.74, 6) is -0.125. The fourth-order valence-corrected chi connectivity index (χ4v) is 2.62. The van der Waals surface area contributed by atoms with Crippen LogP contribution >= 0.6 is 0 Å². The number of amides is 1. The first-order valence-corrected chi connectivity index (χ1v) is 6.89. The molecule has 4 heteroatoms. The van der Waals surface area contributed by atoms with Crippen molar-refractivity contribution in [3.63, 3.8) is 0 Å². The summed E-state index contributed by atoms with van der Waals surface area (Å²) in [6, 6.07) is 9.56. The van der Waals surface area contributed by atoms with Crippen molar-refractivity contribution in [2.75, 3.05) is 6.61 Å². The molecule has 1 saturated carbocycles. The minimum atomic E-state index is -0.732. The molecule has 19 heavy (non-hydrogen) atoms. The van der Waals surface area contributed by atoms with Crippen LogP contribution in [0.2, 0.25) is 0 Å². The Morgan fingerprint density at radius 3 is 2.53 bits per heavy atom. The van der Waals surface area contributed by atoms with E-state index in [1.54, 1.807) is 0 Å². The van der Waals surface area contributed by atoms with Crippen LogP contribution in [0.25, 0.3) is 0 Å². The maximum Gasteiger partial charge on any atom is 0.240 e. The van der Waals surface area contributed by atoms with Gasteiger partial charge in [0, 0.05) is 0 Å². The van der Waals surface area contributed by atoms with Crippen molar-refractivity contribution < 1.29 is 9.90 Å². The number of carbonyl (C=O) groups is 1. The molecule has 0 heterocycles. The summed E-state index contributed by atoms with van der Waals surface area (Å²) >= 11 is 0. The number of aliphatic hydroxyl groups is 1. The van der Waals surface area contributed by atoms with Crippen molar-refractivity contribution in [1.82, 2.24) is 5.32 Å². The highest BCUT2D eigenvalue weighted by molar-refractivity contribution is 5.86. The third-order valence-electron chi connectivity index (χ3n) is 3.83. The molecule has 1 aliphatic rings. The Kier molecular flexibility index (Phi) is 4.56. The van der Waals surface area contributed by atoms with Crippen LogP contribution in [0, 0.1) is 0 Å². The molecule has 1 aromatic carbocycles. The molecular formula is C15H22N2O2. The summed E-state index contributed by atoms with van der Waals surface area (Å²) in [7, 11) is 0. The van der Waals surface area contributed by atoms with Gasteiger partial charge in [0.2, 0.25) is 5.91 Å². The van der Waals surface area contributed by atoms with E-state index in [0.29, 0.717) is 6.42 Å². The SMILES string of the molecule is NC1(C(=O)N[C@@H](CO)Cc2ccccc2)CCCC1. The predicted molar refractivity (Wildman–Crippen MR) is 74.5 cm³/mol. The zero-order chi connectivity index (χ0) is 13.7. The standard InChI is InChI=1S/C15H22N2O2/c16-15(8-4-5-9-15)14(19)17-13(11-18)10-12-6-2-1-3-7-12/h1-3,6-7,13,18H,4-5,8-11,16H2,(H,17,19)/t13-/m1/s1. The molecule has 0 radical (unpaired) electrons. The molecule has 1 amide bonds. The number of hydrogen-bond acceptors (Lipinski definition) is 3. The lowest BCUT2D eigenvalue weighted by atomic mass is 9.97. The van der Waals surface area contributed by atoms with E-state index in [9.17, 15) is 9.90 Å². The van der Waals surface area contributed by atoms with E-state index in [-0.39, 0.29) is 18.6 Å². The Labute approximate surface area is 114 Å². The molecule has 4 N–H and O–H groups in total. The molecule has 0 aliphatic heterocycles. The molecule has 104 valence electrons. The lowest BCUT2D eigenvalue weighted by Gasteiger charge is -2.26. The lowest BCUT2D eigenvalue weighted by Crippen LogP contribution is -2.55. The van der Waals surface area contributed by atoms with Crippen molar-refractivity contribution in [2.24, 2.45) is 5.73 Å². The van der Waals surface area contributed by atoms with Gasteiger partial charge in [0.15, 0.2) is 0 Å². The van der Waals surface area contributed by atoms with Gasteiger partial charge in [-0.15, -0.1) is 0 Å². The van der Waals surface area contributed by atoms with Gasteiger partial charge < -0.3 is 16.2 Å². The zero-order valence-corrected chi connectivity index (χ0v) is 11.1. The number of nitrogens with two attached hydrogens (primary N) is 1. The van der Waals surface area contributed by atoms with Gasteiger partial charge in [-0.2, -0.15) is 0 Å². The molecule has 1 fully saturated rings. The second-order valence-electron chi connectivity index (χ2n) is 5.41. The molecular weight excluding hydrogens is 240 g/mol. The fourth-order valence-electron chi connectivity index (χ4n) is 2.62. The Hall–Kier alpha value is -1.39. The van der Waals surface area contributed by atoms with E-state index in [2.05, 4.69) is 5.32 Å². The highest BCUT2D eigenvalue weighted by Crippen LogP contribution is 2.27. The molecule has 4 nitrogen and oxygen atoms in total. The summed E-state index contributed by atoms with van der Waals surface area (Å²) in [6.07, 6.45) is 4.11. The number of aliphatic hydroxyl groups excluding tert-OH is 1. The van der Waals surface area contributed by atoms with E-state index < -0.39 is 5.54 Å². The minimum absolute atomic E-state index is 0.0727. The van der Waals surface area contributed by atoms with Crippen molar-refractivity contribution in [3.05, 3.63) is 35.9 Å². The number of nitrogens with one attached hydrogen (secondary N) is 1. The van der Waals surface area contributed by atoms with Gasteiger partial charge in [-0.25, -0.2) is 0 Å². The molecule has 1 atom stereocenters. The molecule has 0 spiro atoms. The number of rotatable bonds is 5.